The maximum Gasteiger partial charge on any atom is 0.336 e. The fraction of sp³-hybridized carbons (Fsp3) is 0.235. The number of nitrogens with one attached hydrogen (secondary N) is 1. The van der Waals surface area contributed by atoms with E-state index in [1.807, 2.05) is 30.3 Å². The van der Waals surface area contributed by atoms with Gasteiger partial charge in [-0.3, -0.25) is 0 Å². The summed E-state index contributed by atoms with van der Waals surface area (Å²) in [5.74, 6) is -0.262. The summed E-state index contributed by atoms with van der Waals surface area (Å²) >= 11 is 5.91. The standard InChI is InChI=1S/C17H16ClNO2/c1-21-16(20)17(19-14-8-6-13(18)7-9-14)11-10-12-4-2-3-5-15(12)17/h2-9,19H,10-11H2,1H3. The summed E-state index contributed by atoms with van der Waals surface area (Å²) in [6.45, 7) is 0. The summed E-state index contributed by atoms with van der Waals surface area (Å²) in [5.41, 5.74) is 2.21. The normalized spacial score (nSPS) is 19.9. The highest BCUT2D eigenvalue weighted by atomic mass is 35.5. The number of carbonyl (C=O) groups is 1. The van der Waals surface area contributed by atoms with Gasteiger partial charge < -0.3 is 10.1 Å². The highest BCUT2D eigenvalue weighted by molar-refractivity contribution is 6.30. The first-order chi connectivity index (χ1) is 10.2. The first kappa shape index (κ1) is 14.0. The molecule has 1 unspecified atom stereocenters. The molecule has 1 aliphatic rings. The predicted octanol–water partition coefficient (Wildman–Crippen LogP) is 3.77. The zero-order valence-corrected chi connectivity index (χ0v) is 12.5. The number of fused-ring (bicyclic) bond motifs is 1. The van der Waals surface area contributed by atoms with Crippen LogP contribution in [-0.2, 0) is 21.5 Å². The summed E-state index contributed by atoms with van der Waals surface area (Å²) in [5, 5.41) is 4.02. The van der Waals surface area contributed by atoms with Crippen molar-refractivity contribution in [1.82, 2.24) is 0 Å². The van der Waals surface area contributed by atoms with Crippen molar-refractivity contribution >= 4 is 23.3 Å². The van der Waals surface area contributed by atoms with Gasteiger partial charge in [0.15, 0.2) is 5.54 Å². The highest BCUT2D eigenvalue weighted by Crippen LogP contribution is 2.40. The lowest BCUT2D eigenvalue weighted by atomic mass is 9.91. The van der Waals surface area contributed by atoms with E-state index in [0.29, 0.717) is 11.4 Å². The number of aryl methyl sites for hydroxylation is 1. The number of hydrogen-bond donors (Lipinski definition) is 1. The molecule has 0 saturated heterocycles. The molecule has 108 valence electrons. The summed E-state index contributed by atoms with van der Waals surface area (Å²) in [6, 6.07) is 15.3. The zero-order valence-electron chi connectivity index (χ0n) is 11.7. The lowest BCUT2D eigenvalue weighted by Crippen LogP contribution is -2.42. The molecule has 1 N–H and O–H groups in total. The largest absolute Gasteiger partial charge is 0.467 e. The third-order valence-corrected chi connectivity index (χ3v) is 4.23. The minimum Gasteiger partial charge on any atom is -0.467 e. The van der Waals surface area contributed by atoms with Gasteiger partial charge in [-0.05, 0) is 48.2 Å². The molecule has 2 aromatic rings. The van der Waals surface area contributed by atoms with Crippen LogP contribution in [0.25, 0.3) is 0 Å². The number of anilines is 1. The van der Waals surface area contributed by atoms with Crippen LogP contribution in [0, 0.1) is 0 Å². The molecule has 0 radical (unpaired) electrons. The van der Waals surface area contributed by atoms with Crippen molar-refractivity contribution in [2.24, 2.45) is 0 Å². The van der Waals surface area contributed by atoms with Gasteiger partial charge in [0.2, 0.25) is 0 Å². The maximum absolute atomic E-state index is 12.5. The third-order valence-electron chi connectivity index (χ3n) is 3.98. The van der Waals surface area contributed by atoms with Crippen LogP contribution in [0.5, 0.6) is 0 Å². The Morgan fingerprint density at radius 2 is 1.90 bits per heavy atom. The van der Waals surface area contributed by atoms with Gasteiger partial charge in [0.05, 0.1) is 7.11 Å². The fourth-order valence-electron chi connectivity index (χ4n) is 2.96. The molecule has 2 aromatic carbocycles. The molecular weight excluding hydrogens is 286 g/mol. The Kier molecular flexibility index (Phi) is 3.60. The third kappa shape index (κ3) is 2.38. The average Bonchev–Trinajstić information content (AvgIpc) is 2.89. The number of benzene rings is 2. The van der Waals surface area contributed by atoms with Crippen LogP contribution >= 0.6 is 11.6 Å². The molecule has 0 saturated carbocycles. The van der Waals surface area contributed by atoms with Crippen molar-refractivity contribution in [3.8, 4) is 0 Å². The summed E-state index contributed by atoms with van der Waals surface area (Å²) in [4.78, 5) is 12.5. The van der Waals surface area contributed by atoms with Crippen molar-refractivity contribution in [1.29, 1.82) is 0 Å². The predicted molar refractivity (Wildman–Crippen MR) is 83.5 cm³/mol. The number of rotatable bonds is 3. The summed E-state index contributed by atoms with van der Waals surface area (Å²) < 4.78 is 5.06. The molecule has 0 bridgehead atoms. The number of esters is 1. The van der Waals surface area contributed by atoms with Gasteiger partial charge in [0, 0.05) is 10.7 Å². The van der Waals surface area contributed by atoms with Gasteiger partial charge in [-0.25, -0.2) is 4.79 Å². The van der Waals surface area contributed by atoms with Gasteiger partial charge in [-0.2, -0.15) is 0 Å². The number of ether oxygens (including phenoxy) is 1. The first-order valence-electron chi connectivity index (χ1n) is 6.86. The van der Waals surface area contributed by atoms with Gasteiger partial charge in [-0.15, -0.1) is 0 Å². The second kappa shape index (κ2) is 5.41. The minimum absolute atomic E-state index is 0.262. The number of methoxy groups -OCH3 is 1. The minimum atomic E-state index is -0.820. The average molecular weight is 302 g/mol. The summed E-state index contributed by atoms with van der Waals surface area (Å²) in [7, 11) is 1.43. The molecule has 0 heterocycles. The van der Waals surface area contributed by atoms with Crippen molar-refractivity contribution < 1.29 is 9.53 Å². The molecule has 0 amide bonds. The van der Waals surface area contributed by atoms with Crippen LogP contribution in [0.1, 0.15) is 17.5 Å². The second-order valence-electron chi connectivity index (χ2n) is 5.19. The molecule has 0 aliphatic heterocycles. The van der Waals surface area contributed by atoms with E-state index in [9.17, 15) is 4.79 Å². The van der Waals surface area contributed by atoms with Crippen molar-refractivity contribution in [3.63, 3.8) is 0 Å². The topological polar surface area (TPSA) is 38.3 Å². The van der Waals surface area contributed by atoms with Crippen LogP contribution in [0.2, 0.25) is 5.02 Å². The van der Waals surface area contributed by atoms with Crippen LogP contribution < -0.4 is 5.32 Å². The molecular formula is C17H16ClNO2. The molecule has 1 aliphatic carbocycles. The van der Waals surface area contributed by atoms with Crippen LogP contribution in [0.4, 0.5) is 5.69 Å². The quantitative estimate of drug-likeness (QED) is 0.877. The van der Waals surface area contributed by atoms with E-state index in [0.717, 1.165) is 17.7 Å². The van der Waals surface area contributed by atoms with Gasteiger partial charge in [-0.1, -0.05) is 35.9 Å². The fourth-order valence-corrected chi connectivity index (χ4v) is 3.08. The van der Waals surface area contributed by atoms with Crippen molar-refractivity contribution in [3.05, 3.63) is 64.7 Å². The van der Waals surface area contributed by atoms with E-state index in [2.05, 4.69) is 11.4 Å². The maximum atomic E-state index is 12.5. The van der Waals surface area contributed by atoms with E-state index in [-0.39, 0.29) is 5.97 Å². The van der Waals surface area contributed by atoms with E-state index < -0.39 is 5.54 Å². The Labute approximate surface area is 128 Å². The van der Waals surface area contributed by atoms with Gasteiger partial charge in [0.1, 0.15) is 0 Å². The highest BCUT2D eigenvalue weighted by Gasteiger charge is 2.46. The Bertz CT molecular complexity index is 669. The molecule has 3 nitrogen and oxygen atoms in total. The lowest BCUT2D eigenvalue weighted by Gasteiger charge is -2.30. The number of carbonyl (C=O) groups excluding carboxylic acids is 1. The molecule has 0 aromatic heterocycles. The zero-order chi connectivity index (χ0) is 14.9. The Hall–Kier alpha value is -2.00. The second-order valence-corrected chi connectivity index (χ2v) is 5.62. The van der Waals surface area contributed by atoms with E-state index >= 15 is 0 Å². The lowest BCUT2D eigenvalue weighted by molar-refractivity contribution is -0.146. The van der Waals surface area contributed by atoms with Gasteiger partial charge in [0.25, 0.3) is 0 Å². The molecule has 0 spiro atoms. The van der Waals surface area contributed by atoms with E-state index in [1.54, 1.807) is 12.1 Å². The van der Waals surface area contributed by atoms with Crippen LogP contribution in [0.3, 0.4) is 0 Å². The Morgan fingerprint density at radius 3 is 2.62 bits per heavy atom. The van der Waals surface area contributed by atoms with Crippen molar-refractivity contribution in [2.75, 3.05) is 12.4 Å². The molecule has 4 heteroatoms. The van der Waals surface area contributed by atoms with E-state index in [4.69, 9.17) is 16.3 Å². The SMILES string of the molecule is COC(=O)C1(Nc2ccc(Cl)cc2)CCc2ccccc21. The molecule has 0 fully saturated rings. The summed E-state index contributed by atoms with van der Waals surface area (Å²) in [6.07, 6.45) is 1.54. The smallest absolute Gasteiger partial charge is 0.336 e. The molecule has 3 rings (SSSR count). The van der Waals surface area contributed by atoms with E-state index in [1.165, 1.54) is 12.7 Å². The monoisotopic (exact) mass is 301 g/mol. The van der Waals surface area contributed by atoms with Crippen LogP contribution in [0.15, 0.2) is 48.5 Å². The van der Waals surface area contributed by atoms with Crippen molar-refractivity contribution in [2.45, 2.75) is 18.4 Å². The first-order valence-corrected chi connectivity index (χ1v) is 7.24. The van der Waals surface area contributed by atoms with Crippen LogP contribution in [-0.4, -0.2) is 13.1 Å². The Morgan fingerprint density at radius 1 is 1.19 bits per heavy atom. The Balaban J connectivity index is 2.03. The van der Waals surface area contributed by atoms with Gasteiger partial charge >= 0.3 is 5.97 Å². The number of hydrogen-bond acceptors (Lipinski definition) is 3. The molecule has 21 heavy (non-hydrogen) atoms. The number of halogens is 1. The molecule has 1 atom stereocenters.